The van der Waals surface area contributed by atoms with Gasteiger partial charge in [-0.05, 0) is 25.3 Å². The van der Waals surface area contributed by atoms with Gasteiger partial charge in [0.05, 0.1) is 6.10 Å². The molecule has 1 heteroatoms. The topological polar surface area (TPSA) is 20.2 Å². The molecule has 1 unspecified atom stereocenters. The first kappa shape index (κ1) is 10.0. The van der Waals surface area contributed by atoms with Gasteiger partial charge >= 0.3 is 0 Å². The van der Waals surface area contributed by atoms with Crippen LogP contribution in [0.25, 0.3) is 6.08 Å². The second-order valence-corrected chi connectivity index (χ2v) is 3.24. The van der Waals surface area contributed by atoms with Crippen molar-refractivity contribution in [3.8, 4) is 0 Å². The summed E-state index contributed by atoms with van der Waals surface area (Å²) in [5.41, 5.74) is 1.22. The largest absolute Gasteiger partial charge is 0.393 e. The highest BCUT2D eigenvalue weighted by Crippen LogP contribution is 2.03. The van der Waals surface area contributed by atoms with Crippen molar-refractivity contribution in [1.82, 2.24) is 0 Å². The second-order valence-electron chi connectivity index (χ2n) is 3.24. The van der Waals surface area contributed by atoms with E-state index in [1.165, 1.54) is 5.56 Å². The Labute approximate surface area is 79.7 Å². The maximum Gasteiger partial charge on any atom is 0.0515 e. The summed E-state index contributed by atoms with van der Waals surface area (Å²) in [6.07, 6.45) is 5.76. The Kier molecular flexibility index (Phi) is 4.27. The monoisotopic (exact) mass is 176 g/mol. The minimum absolute atomic E-state index is 0.194. The van der Waals surface area contributed by atoms with Gasteiger partial charge in [0.2, 0.25) is 0 Å². The van der Waals surface area contributed by atoms with E-state index in [1.54, 1.807) is 0 Å². The number of benzene rings is 1. The van der Waals surface area contributed by atoms with Crippen molar-refractivity contribution >= 4 is 6.08 Å². The number of aliphatic hydroxyl groups excluding tert-OH is 1. The molecular formula is C12H16O. The summed E-state index contributed by atoms with van der Waals surface area (Å²) in [6.45, 7) is 1.82. The van der Waals surface area contributed by atoms with Crippen LogP contribution in [0.15, 0.2) is 36.4 Å². The molecule has 0 radical (unpaired) electrons. The number of allylic oxidation sites excluding steroid dienone is 1. The molecule has 1 N–H and O–H groups in total. The van der Waals surface area contributed by atoms with E-state index >= 15 is 0 Å². The zero-order valence-electron chi connectivity index (χ0n) is 7.98. The SMILES string of the molecule is CC(O)CC/C=C\c1ccccc1. The molecule has 1 aromatic carbocycles. The number of hydrogen-bond acceptors (Lipinski definition) is 1. The first-order valence-corrected chi connectivity index (χ1v) is 4.68. The van der Waals surface area contributed by atoms with E-state index in [0.717, 1.165) is 12.8 Å². The Morgan fingerprint density at radius 1 is 1.31 bits per heavy atom. The molecule has 1 aromatic rings. The third kappa shape index (κ3) is 4.48. The zero-order valence-corrected chi connectivity index (χ0v) is 7.98. The summed E-state index contributed by atoms with van der Waals surface area (Å²) in [7, 11) is 0. The van der Waals surface area contributed by atoms with Crippen LogP contribution in [0.1, 0.15) is 25.3 Å². The maximum atomic E-state index is 9.02. The van der Waals surface area contributed by atoms with Gasteiger partial charge in [0.15, 0.2) is 0 Å². The third-order valence-electron chi connectivity index (χ3n) is 1.86. The van der Waals surface area contributed by atoms with E-state index in [-0.39, 0.29) is 6.10 Å². The Morgan fingerprint density at radius 2 is 2.00 bits per heavy atom. The highest BCUT2D eigenvalue weighted by atomic mass is 16.3. The Bertz CT molecular complexity index is 249. The smallest absolute Gasteiger partial charge is 0.0515 e. The molecule has 13 heavy (non-hydrogen) atoms. The van der Waals surface area contributed by atoms with Gasteiger partial charge in [0, 0.05) is 0 Å². The standard InChI is InChI=1S/C12H16O/c1-11(13)7-5-6-10-12-8-3-2-4-9-12/h2-4,6,8-11,13H,5,7H2,1H3/b10-6-. The molecule has 1 atom stereocenters. The average molecular weight is 176 g/mol. The van der Waals surface area contributed by atoms with Crippen LogP contribution < -0.4 is 0 Å². The minimum Gasteiger partial charge on any atom is -0.393 e. The van der Waals surface area contributed by atoms with Crippen LogP contribution in [0.2, 0.25) is 0 Å². The van der Waals surface area contributed by atoms with Gasteiger partial charge in [-0.2, -0.15) is 0 Å². The van der Waals surface area contributed by atoms with E-state index in [4.69, 9.17) is 5.11 Å². The maximum absolute atomic E-state index is 9.02. The van der Waals surface area contributed by atoms with Gasteiger partial charge in [0.25, 0.3) is 0 Å². The fourth-order valence-electron chi connectivity index (χ4n) is 1.12. The number of aliphatic hydroxyl groups is 1. The lowest BCUT2D eigenvalue weighted by molar-refractivity contribution is 0.186. The van der Waals surface area contributed by atoms with Crippen molar-refractivity contribution in [3.63, 3.8) is 0 Å². The molecule has 0 aromatic heterocycles. The van der Waals surface area contributed by atoms with E-state index in [2.05, 4.69) is 24.3 Å². The van der Waals surface area contributed by atoms with Crippen LogP contribution in [-0.2, 0) is 0 Å². The van der Waals surface area contributed by atoms with Crippen molar-refractivity contribution in [1.29, 1.82) is 0 Å². The molecule has 0 aliphatic carbocycles. The van der Waals surface area contributed by atoms with Crippen molar-refractivity contribution in [2.24, 2.45) is 0 Å². The van der Waals surface area contributed by atoms with E-state index in [1.807, 2.05) is 25.1 Å². The Morgan fingerprint density at radius 3 is 2.62 bits per heavy atom. The van der Waals surface area contributed by atoms with E-state index in [0.29, 0.717) is 0 Å². The van der Waals surface area contributed by atoms with Gasteiger partial charge in [-0.1, -0.05) is 42.5 Å². The fourth-order valence-corrected chi connectivity index (χ4v) is 1.12. The lowest BCUT2D eigenvalue weighted by Gasteiger charge is -1.98. The molecule has 0 saturated heterocycles. The van der Waals surface area contributed by atoms with Gasteiger partial charge in [0.1, 0.15) is 0 Å². The predicted octanol–water partition coefficient (Wildman–Crippen LogP) is 2.86. The van der Waals surface area contributed by atoms with Crippen molar-refractivity contribution in [3.05, 3.63) is 42.0 Å². The summed E-state index contributed by atoms with van der Waals surface area (Å²) in [5.74, 6) is 0. The third-order valence-corrected chi connectivity index (χ3v) is 1.86. The van der Waals surface area contributed by atoms with Crippen LogP contribution in [0, 0.1) is 0 Å². The van der Waals surface area contributed by atoms with Crippen molar-refractivity contribution in [2.45, 2.75) is 25.9 Å². The van der Waals surface area contributed by atoms with Crippen LogP contribution in [0.4, 0.5) is 0 Å². The average Bonchev–Trinajstić information content (AvgIpc) is 2.14. The molecule has 1 rings (SSSR count). The number of hydrogen-bond donors (Lipinski definition) is 1. The van der Waals surface area contributed by atoms with Gasteiger partial charge < -0.3 is 5.11 Å². The second kappa shape index (κ2) is 5.55. The lowest BCUT2D eigenvalue weighted by Crippen LogP contribution is -1.96. The predicted molar refractivity (Wildman–Crippen MR) is 56.4 cm³/mol. The quantitative estimate of drug-likeness (QED) is 0.748. The summed E-state index contributed by atoms with van der Waals surface area (Å²) in [5, 5.41) is 9.02. The molecule has 0 bridgehead atoms. The normalized spacial score (nSPS) is 13.4. The summed E-state index contributed by atoms with van der Waals surface area (Å²) >= 11 is 0. The molecule has 0 aliphatic rings. The summed E-state index contributed by atoms with van der Waals surface area (Å²) in [6, 6.07) is 10.2. The summed E-state index contributed by atoms with van der Waals surface area (Å²) < 4.78 is 0. The molecule has 0 amide bonds. The molecule has 70 valence electrons. The van der Waals surface area contributed by atoms with Crippen molar-refractivity contribution < 1.29 is 5.11 Å². The Hall–Kier alpha value is -1.08. The number of rotatable bonds is 4. The van der Waals surface area contributed by atoms with Crippen LogP contribution in [-0.4, -0.2) is 11.2 Å². The van der Waals surface area contributed by atoms with E-state index in [9.17, 15) is 0 Å². The minimum atomic E-state index is -0.194. The lowest BCUT2D eigenvalue weighted by atomic mass is 10.1. The Balaban J connectivity index is 2.33. The van der Waals surface area contributed by atoms with Gasteiger partial charge in [-0.3, -0.25) is 0 Å². The molecular weight excluding hydrogens is 160 g/mol. The van der Waals surface area contributed by atoms with E-state index < -0.39 is 0 Å². The molecule has 0 heterocycles. The van der Waals surface area contributed by atoms with Crippen LogP contribution >= 0.6 is 0 Å². The van der Waals surface area contributed by atoms with Crippen LogP contribution in [0.3, 0.4) is 0 Å². The first-order chi connectivity index (χ1) is 6.29. The molecule has 1 nitrogen and oxygen atoms in total. The molecule has 0 fully saturated rings. The molecule has 0 saturated carbocycles. The fraction of sp³-hybridized carbons (Fsp3) is 0.333. The van der Waals surface area contributed by atoms with Crippen LogP contribution in [0.5, 0.6) is 0 Å². The first-order valence-electron chi connectivity index (χ1n) is 4.68. The van der Waals surface area contributed by atoms with Crippen molar-refractivity contribution in [2.75, 3.05) is 0 Å². The summed E-state index contributed by atoms with van der Waals surface area (Å²) in [4.78, 5) is 0. The molecule has 0 spiro atoms. The van der Waals surface area contributed by atoms with Gasteiger partial charge in [-0.25, -0.2) is 0 Å². The highest BCUT2D eigenvalue weighted by molar-refractivity contribution is 5.48. The molecule has 0 aliphatic heterocycles. The zero-order chi connectivity index (χ0) is 9.52. The highest BCUT2D eigenvalue weighted by Gasteiger charge is 1.90. The van der Waals surface area contributed by atoms with Gasteiger partial charge in [-0.15, -0.1) is 0 Å².